The van der Waals surface area contributed by atoms with Crippen molar-refractivity contribution >= 4 is 34.0 Å². The van der Waals surface area contributed by atoms with Crippen LogP contribution < -0.4 is 11.3 Å². The van der Waals surface area contributed by atoms with Gasteiger partial charge in [0.05, 0.1) is 10.2 Å². The van der Waals surface area contributed by atoms with Crippen LogP contribution in [-0.4, -0.2) is 0 Å². The summed E-state index contributed by atoms with van der Waals surface area (Å²) >= 11 is 2.88. The van der Waals surface area contributed by atoms with Crippen LogP contribution in [0.1, 0.15) is 0 Å². The predicted octanol–water partition coefficient (Wildman–Crippen LogP) is 2.43. The lowest BCUT2D eigenvalue weighted by atomic mass is 10.3. The Bertz CT molecular complexity index is 282. The second kappa shape index (κ2) is 4.59. The van der Waals surface area contributed by atoms with Crippen molar-refractivity contribution in [2.24, 2.45) is 5.84 Å². The first kappa shape index (κ1) is 11.6. The second-order valence-corrected chi connectivity index (χ2v) is 2.74. The first-order valence-electron chi connectivity index (χ1n) is 2.76. The lowest BCUT2D eigenvalue weighted by Gasteiger charge is -2.02. The minimum atomic E-state index is -0.715. The van der Waals surface area contributed by atoms with Crippen LogP contribution in [0.15, 0.2) is 16.6 Å². The zero-order valence-corrected chi connectivity index (χ0v) is 8.18. The maximum absolute atomic E-state index is 12.6. The monoisotopic (exact) mass is 258 g/mol. The molecule has 0 aliphatic rings. The third-order valence-corrected chi connectivity index (χ3v) is 1.77. The van der Waals surface area contributed by atoms with E-state index in [9.17, 15) is 8.78 Å². The van der Waals surface area contributed by atoms with Crippen LogP contribution in [0, 0.1) is 11.6 Å². The van der Waals surface area contributed by atoms with Gasteiger partial charge in [-0.3, -0.25) is 5.84 Å². The van der Waals surface area contributed by atoms with Gasteiger partial charge in [0, 0.05) is 6.07 Å². The standard InChI is InChI=1S/C6H5BrF2N2.ClH/c7-3-1-6(11-10)5(9)2-4(3)8;/h1-2,11H,10H2;1H. The van der Waals surface area contributed by atoms with Crippen molar-refractivity contribution in [1.29, 1.82) is 0 Å². The van der Waals surface area contributed by atoms with Gasteiger partial charge in [0.15, 0.2) is 5.82 Å². The minimum absolute atomic E-state index is 0. The van der Waals surface area contributed by atoms with Gasteiger partial charge in [-0.2, -0.15) is 0 Å². The fourth-order valence-electron chi connectivity index (χ4n) is 0.633. The number of benzene rings is 1. The van der Waals surface area contributed by atoms with Crippen molar-refractivity contribution < 1.29 is 8.78 Å². The van der Waals surface area contributed by atoms with Crippen molar-refractivity contribution in [3.05, 3.63) is 28.2 Å². The number of nitrogens with one attached hydrogen (secondary N) is 1. The predicted molar refractivity (Wildman–Crippen MR) is 49.1 cm³/mol. The van der Waals surface area contributed by atoms with Crippen LogP contribution in [-0.2, 0) is 0 Å². The van der Waals surface area contributed by atoms with E-state index >= 15 is 0 Å². The lowest BCUT2D eigenvalue weighted by Crippen LogP contribution is -2.08. The Labute approximate surface area is 82.6 Å². The van der Waals surface area contributed by atoms with E-state index in [-0.39, 0.29) is 22.6 Å². The van der Waals surface area contributed by atoms with Gasteiger partial charge in [0.2, 0.25) is 0 Å². The Kier molecular flexibility index (Phi) is 4.44. The number of nitrogen functional groups attached to an aromatic ring is 1. The topological polar surface area (TPSA) is 38.0 Å². The number of nitrogens with two attached hydrogens (primary N) is 1. The number of anilines is 1. The number of rotatable bonds is 1. The molecular formula is C6H6BrClF2N2. The van der Waals surface area contributed by atoms with Gasteiger partial charge in [-0.25, -0.2) is 8.78 Å². The molecule has 0 saturated carbocycles. The zero-order chi connectivity index (χ0) is 8.43. The Morgan fingerprint density at radius 2 is 1.83 bits per heavy atom. The number of hydrazine groups is 1. The van der Waals surface area contributed by atoms with Gasteiger partial charge in [-0.15, -0.1) is 12.4 Å². The molecule has 6 heteroatoms. The summed E-state index contributed by atoms with van der Waals surface area (Å²) in [4.78, 5) is 0. The molecule has 0 fully saturated rings. The molecule has 1 aromatic rings. The highest BCUT2D eigenvalue weighted by Crippen LogP contribution is 2.22. The van der Waals surface area contributed by atoms with Crippen LogP contribution >= 0.6 is 28.3 Å². The average molecular weight is 259 g/mol. The summed E-state index contributed by atoms with van der Waals surface area (Å²) in [6.45, 7) is 0. The smallest absolute Gasteiger partial charge is 0.150 e. The molecule has 12 heavy (non-hydrogen) atoms. The van der Waals surface area contributed by atoms with Gasteiger partial charge in [0.25, 0.3) is 0 Å². The molecule has 0 aliphatic heterocycles. The molecule has 0 radical (unpaired) electrons. The summed E-state index contributed by atoms with van der Waals surface area (Å²) in [7, 11) is 0. The van der Waals surface area contributed by atoms with E-state index in [2.05, 4.69) is 21.4 Å². The highest BCUT2D eigenvalue weighted by Gasteiger charge is 2.05. The quantitative estimate of drug-likeness (QED) is 0.462. The van der Waals surface area contributed by atoms with E-state index in [4.69, 9.17) is 5.84 Å². The summed E-state index contributed by atoms with van der Waals surface area (Å²) in [6, 6.07) is 1.98. The molecule has 0 unspecified atom stereocenters. The lowest BCUT2D eigenvalue weighted by molar-refractivity contribution is 0.581. The molecule has 0 saturated heterocycles. The molecule has 0 atom stereocenters. The zero-order valence-electron chi connectivity index (χ0n) is 5.77. The molecule has 0 amide bonds. The molecule has 0 aromatic heterocycles. The van der Waals surface area contributed by atoms with E-state index in [1.807, 2.05) is 0 Å². The molecular weight excluding hydrogens is 253 g/mol. The van der Waals surface area contributed by atoms with Gasteiger partial charge in [-0.1, -0.05) is 0 Å². The van der Waals surface area contributed by atoms with Gasteiger partial charge in [0.1, 0.15) is 5.82 Å². The SMILES string of the molecule is Cl.NNc1cc(Br)c(F)cc1F. The van der Waals surface area contributed by atoms with E-state index in [0.29, 0.717) is 0 Å². The van der Waals surface area contributed by atoms with Gasteiger partial charge in [-0.05, 0) is 22.0 Å². The molecule has 1 rings (SSSR count). The summed E-state index contributed by atoms with van der Waals surface area (Å²) in [5.74, 6) is 3.57. The van der Waals surface area contributed by atoms with Crippen LogP contribution in [0.5, 0.6) is 0 Å². The average Bonchev–Trinajstić information content (AvgIpc) is 1.97. The molecule has 3 N–H and O–H groups in total. The molecule has 0 heterocycles. The van der Waals surface area contributed by atoms with E-state index < -0.39 is 11.6 Å². The summed E-state index contributed by atoms with van der Waals surface area (Å²) in [5.41, 5.74) is 2.15. The van der Waals surface area contributed by atoms with Crippen LogP contribution in [0.2, 0.25) is 0 Å². The molecule has 0 spiro atoms. The normalized spacial score (nSPS) is 9.00. The summed E-state index contributed by atoms with van der Waals surface area (Å²) < 4.78 is 25.3. The molecule has 1 aromatic carbocycles. The van der Waals surface area contributed by atoms with E-state index in [0.717, 1.165) is 6.07 Å². The van der Waals surface area contributed by atoms with Crippen molar-refractivity contribution in [2.45, 2.75) is 0 Å². The first-order chi connectivity index (χ1) is 5.15. The number of hydrogen-bond donors (Lipinski definition) is 2. The summed E-state index contributed by atoms with van der Waals surface area (Å²) in [5, 5.41) is 0. The highest BCUT2D eigenvalue weighted by molar-refractivity contribution is 9.10. The Balaban J connectivity index is 0.00000121. The van der Waals surface area contributed by atoms with Crippen molar-refractivity contribution in [3.8, 4) is 0 Å². The van der Waals surface area contributed by atoms with Crippen molar-refractivity contribution in [2.75, 3.05) is 5.43 Å². The maximum Gasteiger partial charge on any atom is 0.150 e. The second-order valence-electron chi connectivity index (χ2n) is 1.89. The fraction of sp³-hybridized carbons (Fsp3) is 0. The third kappa shape index (κ3) is 2.30. The Morgan fingerprint density at radius 3 is 2.33 bits per heavy atom. The number of halogens is 4. The Morgan fingerprint density at radius 1 is 1.25 bits per heavy atom. The molecule has 2 nitrogen and oxygen atoms in total. The van der Waals surface area contributed by atoms with Gasteiger partial charge >= 0.3 is 0 Å². The molecule has 68 valence electrons. The first-order valence-corrected chi connectivity index (χ1v) is 3.55. The van der Waals surface area contributed by atoms with Crippen LogP contribution in [0.4, 0.5) is 14.5 Å². The van der Waals surface area contributed by atoms with Crippen LogP contribution in [0.25, 0.3) is 0 Å². The van der Waals surface area contributed by atoms with E-state index in [1.165, 1.54) is 6.07 Å². The van der Waals surface area contributed by atoms with Crippen LogP contribution in [0.3, 0.4) is 0 Å². The largest absolute Gasteiger partial charge is 0.321 e. The van der Waals surface area contributed by atoms with Crippen molar-refractivity contribution in [1.82, 2.24) is 0 Å². The Hall–Kier alpha value is -0.390. The molecule has 0 aliphatic carbocycles. The fourth-order valence-corrected chi connectivity index (χ4v) is 0.977. The molecule has 0 bridgehead atoms. The number of hydrogen-bond acceptors (Lipinski definition) is 2. The minimum Gasteiger partial charge on any atom is -0.321 e. The highest BCUT2D eigenvalue weighted by atomic mass is 79.9. The van der Waals surface area contributed by atoms with E-state index in [1.54, 1.807) is 0 Å². The third-order valence-electron chi connectivity index (χ3n) is 1.17. The maximum atomic E-state index is 12.6. The summed E-state index contributed by atoms with van der Waals surface area (Å²) in [6.07, 6.45) is 0. The van der Waals surface area contributed by atoms with Crippen molar-refractivity contribution in [3.63, 3.8) is 0 Å². The van der Waals surface area contributed by atoms with Gasteiger partial charge < -0.3 is 5.43 Å².